The Morgan fingerprint density at radius 3 is 2.64 bits per heavy atom. The lowest BCUT2D eigenvalue weighted by atomic mass is 10.2. The number of nitrogens with one attached hydrogen (secondary N) is 1. The number of amides is 1. The molecule has 110 valence electrons. The predicted molar refractivity (Wildman–Crippen MR) is 92.1 cm³/mol. The van der Waals surface area contributed by atoms with Crippen LogP contribution in [0.2, 0.25) is 0 Å². The average Bonchev–Trinajstić information content (AvgIpc) is 3.15. The van der Waals surface area contributed by atoms with E-state index in [4.69, 9.17) is 0 Å². The average molecular weight is 327 g/mol. The summed E-state index contributed by atoms with van der Waals surface area (Å²) in [6.07, 6.45) is 3.32. The van der Waals surface area contributed by atoms with Gasteiger partial charge in [0.15, 0.2) is 0 Å². The first-order valence-electron chi connectivity index (χ1n) is 6.65. The summed E-state index contributed by atoms with van der Waals surface area (Å²) in [6, 6.07) is 14.2. The van der Waals surface area contributed by atoms with Gasteiger partial charge in [0.1, 0.15) is 5.01 Å². The van der Waals surface area contributed by atoms with Crippen molar-refractivity contribution in [3.8, 4) is 10.4 Å². The molecule has 0 saturated carbocycles. The lowest BCUT2D eigenvalue weighted by Gasteiger charge is -1.95. The van der Waals surface area contributed by atoms with Gasteiger partial charge in [-0.25, -0.2) is 0 Å². The van der Waals surface area contributed by atoms with Crippen molar-refractivity contribution in [1.82, 2.24) is 10.2 Å². The van der Waals surface area contributed by atoms with Crippen molar-refractivity contribution in [2.45, 2.75) is 6.92 Å². The van der Waals surface area contributed by atoms with E-state index in [0.29, 0.717) is 5.13 Å². The fraction of sp³-hybridized carbons (Fsp3) is 0.0625. The van der Waals surface area contributed by atoms with E-state index in [9.17, 15) is 4.79 Å². The van der Waals surface area contributed by atoms with Crippen molar-refractivity contribution in [2.75, 3.05) is 5.32 Å². The Kier molecular flexibility index (Phi) is 4.41. The van der Waals surface area contributed by atoms with Gasteiger partial charge in [0.05, 0.1) is 0 Å². The highest BCUT2D eigenvalue weighted by molar-refractivity contribution is 7.16. The number of hydrogen-bond acceptors (Lipinski definition) is 5. The molecule has 0 unspecified atom stereocenters. The van der Waals surface area contributed by atoms with Crippen LogP contribution in [0, 0.1) is 6.92 Å². The van der Waals surface area contributed by atoms with Crippen LogP contribution in [0.1, 0.15) is 9.88 Å². The Morgan fingerprint density at radius 2 is 1.91 bits per heavy atom. The van der Waals surface area contributed by atoms with Gasteiger partial charge in [-0.15, -0.1) is 21.5 Å². The third kappa shape index (κ3) is 3.66. The van der Waals surface area contributed by atoms with Crippen molar-refractivity contribution >= 4 is 39.8 Å². The number of aromatic nitrogens is 2. The van der Waals surface area contributed by atoms with Crippen molar-refractivity contribution < 1.29 is 4.79 Å². The van der Waals surface area contributed by atoms with Gasteiger partial charge in [-0.3, -0.25) is 10.1 Å². The molecular weight excluding hydrogens is 314 g/mol. The highest BCUT2D eigenvalue weighted by Gasteiger charge is 2.04. The molecule has 0 atom stereocenters. The molecule has 2 heterocycles. The Morgan fingerprint density at radius 1 is 1.09 bits per heavy atom. The molecule has 1 aromatic carbocycles. The maximum absolute atomic E-state index is 11.8. The number of nitrogens with zero attached hydrogens (tertiary/aromatic N) is 2. The van der Waals surface area contributed by atoms with E-state index in [2.05, 4.69) is 33.7 Å². The number of anilines is 1. The van der Waals surface area contributed by atoms with Gasteiger partial charge in [0.2, 0.25) is 11.0 Å². The van der Waals surface area contributed by atoms with Crippen LogP contribution in [0.3, 0.4) is 0 Å². The van der Waals surface area contributed by atoms with E-state index in [1.54, 1.807) is 17.4 Å². The second-order valence-electron chi connectivity index (χ2n) is 4.52. The summed E-state index contributed by atoms with van der Waals surface area (Å²) >= 11 is 3.00. The van der Waals surface area contributed by atoms with Crippen LogP contribution in [-0.2, 0) is 4.79 Å². The largest absolute Gasteiger partial charge is 0.297 e. The topological polar surface area (TPSA) is 54.9 Å². The zero-order chi connectivity index (χ0) is 15.4. The molecule has 22 heavy (non-hydrogen) atoms. The minimum absolute atomic E-state index is 0.203. The van der Waals surface area contributed by atoms with Crippen LogP contribution in [-0.4, -0.2) is 16.1 Å². The second-order valence-corrected chi connectivity index (χ2v) is 6.81. The van der Waals surface area contributed by atoms with Gasteiger partial charge < -0.3 is 0 Å². The Hall–Kier alpha value is -2.31. The molecule has 3 rings (SSSR count). The number of hydrogen-bond donors (Lipinski definition) is 1. The normalized spacial score (nSPS) is 11.0. The molecule has 0 saturated heterocycles. The quantitative estimate of drug-likeness (QED) is 0.730. The highest BCUT2D eigenvalue weighted by atomic mass is 32.1. The number of thiophene rings is 1. The number of carbonyl (C=O) groups excluding carboxylic acids is 1. The second kappa shape index (κ2) is 6.64. The van der Waals surface area contributed by atoms with E-state index in [1.807, 2.05) is 31.2 Å². The summed E-state index contributed by atoms with van der Waals surface area (Å²) in [7, 11) is 0. The SMILES string of the molecule is Cc1nnc(NC(=O)/C=C/c2ccc(-c3ccccc3)s2)s1. The molecule has 0 bridgehead atoms. The van der Waals surface area contributed by atoms with Crippen LogP contribution >= 0.6 is 22.7 Å². The maximum atomic E-state index is 11.8. The van der Waals surface area contributed by atoms with Crippen molar-refractivity contribution in [3.63, 3.8) is 0 Å². The molecule has 0 spiro atoms. The molecule has 4 nitrogen and oxygen atoms in total. The number of carbonyl (C=O) groups is 1. The first kappa shape index (κ1) is 14.6. The predicted octanol–water partition coefficient (Wildman–Crippen LogP) is 4.23. The lowest BCUT2D eigenvalue weighted by Crippen LogP contribution is -2.07. The maximum Gasteiger partial charge on any atom is 0.250 e. The van der Waals surface area contributed by atoms with Crippen LogP contribution in [0.4, 0.5) is 5.13 Å². The lowest BCUT2D eigenvalue weighted by molar-refractivity contribution is -0.111. The number of aryl methyl sites for hydroxylation is 1. The monoisotopic (exact) mass is 327 g/mol. The Balaban J connectivity index is 1.66. The molecular formula is C16H13N3OS2. The molecule has 6 heteroatoms. The molecule has 0 aliphatic heterocycles. The van der Waals surface area contributed by atoms with Crippen LogP contribution < -0.4 is 5.32 Å². The molecule has 0 radical (unpaired) electrons. The summed E-state index contributed by atoms with van der Waals surface area (Å²) in [4.78, 5) is 14.0. The third-order valence-corrected chi connectivity index (χ3v) is 4.69. The first-order chi connectivity index (χ1) is 10.7. The van der Waals surface area contributed by atoms with Gasteiger partial charge in [-0.05, 0) is 30.7 Å². The summed E-state index contributed by atoms with van der Waals surface area (Å²) in [6.45, 7) is 1.85. The van der Waals surface area contributed by atoms with Crippen LogP contribution in [0.5, 0.6) is 0 Å². The summed E-state index contributed by atoms with van der Waals surface area (Å²) in [5.74, 6) is -0.203. The Labute approximate surface area is 136 Å². The van der Waals surface area contributed by atoms with E-state index in [-0.39, 0.29) is 5.91 Å². The molecule has 2 aromatic heterocycles. The van der Waals surface area contributed by atoms with Crippen molar-refractivity contribution in [1.29, 1.82) is 0 Å². The molecule has 1 amide bonds. The van der Waals surface area contributed by atoms with Gasteiger partial charge in [0, 0.05) is 15.8 Å². The smallest absolute Gasteiger partial charge is 0.250 e. The minimum atomic E-state index is -0.203. The van der Waals surface area contributed by atoms with E-state index >= 15 is 0 Å². The van der Waals surface area contributed by atoms with Crippen molar-refractivity contribution in [2.24, 2.45) is 0 Å². The standard InChI is InChI=1S/C16H13N3OS2/c1-11-18-19-16(21-11)17-15(20)10-8-13-7-9-14(22-13)12-5-3-2-4-6-12/h2-10H,1H3,(H,17,19,20)/b10-8+. The van der Waals surface area contributed by atoms with E-state index < -0.39 is 0 Å². The van der Waals surface area contributed by atoms with Gasteiger partial charge in [-0.2, -0.15) is 0 Å². The van der Waals surface area contributed by atoms with Crippen LogP contribution in [0.15, 0.2) is 48.5 Å². The molecule has 1 N–H and O–H groups in total. The highest BCUT2D eigenvalue weighted by Crippen LogP contribution is 2.28. The molecule has 0 aliphatic carbocycles. The fourth-order valence-electron chi connectivity index (χ4n) is 1.85. The Bertz CT molecular complexity index is 806. The summed E-state index contributed by atoms with van der Waals surface area (Å²) < 4.78 is 0. The number of rotatable bonds is 4. The minimum Gasteiger partial charge on any atom is -0.297 e. The van der Waals surface area contributed by atoms with E-state index in [1.165, 1.54) is 27.9 Å². The van der Waals surface area contributed by atoms with Gasteiger partial charge >= 0.3 is 0 Å². The zero-order valence-electron chi connectivity index (χ0n) is 11.8. The molecule has 3 aromatic rings. The van der Waals surface area contributed by atoms with Crippen molar-refractivity contribution in [3.05, 3.63) is 58.4 Å². The zero-order valence-corrected chi connectivity index (χ0v) is 13.4. The van der Waals surface area contributed by atoms with Gasteiger partial charge in [0.25, 0.3) is 0 Å². The van der Waals surface area contributed by atoms with Crippen LogP contribution in [0.25, 0.3) is 16.5 Å². The summed E-state index contributed by atoms with van der Waals surface area (Å²) in [5, 5.41) is 11.8. The first-order valence-corrected chi connectivity index (χ1v) is 8.28. The third-order valence-electron chi connectivity index (χ3n) is 2.84. The number of benzene rings is 1. The molecule has 0 fully saturated rings. The molecule has 0 aliphatic rings. The fourth-order valence-corrected chi connectivity index (χ4v) is 3.36. The summed E-state index contributed by atoms with van der Waals surface area (Å²) in [5.41, 5.74) is 1.18. The van der Waals surface area contributed by atoms with Gasteiger partial charge in [-0.1, -0.05) is 41.7 Å². The van der Waals surface area contributed by atoms with E-state index in [0.717, 1.165) is 9.88 Å².